The van der Waals surface area contributed by atoms with Gasteiger partial charge in [-0.25, -0.2) is 0 Å². The van der Waals surface area contributed by atoms with Crippen molar-refractivity contribution < 1.29 is 0 Å². The fourth-order valence-electron chi connectivity index (χ4n) is 5.27. The molecule has 1 fully saturated rings. The summed E-state index contributed by atoms with van der Waals surface area (Å²) in [6, 6.07) is 22.0. The number of rotatable bonds is 8. The Morgan fingerprint density at radius 2 is 1.72 bits per heavy atom. The van der Waals surface area contributed by atoms with E-state index in [0.717, 1.165) is 6.42 Å². The highest BCUT2D eigenvalue weighted by molar-refractivity contribution is 5.36. The molecule has 0 radical (unpaired) electrons. The Kier molecular flexibility index (Phi) is 8.11. The van der Waals surface area contributed by atoms with Crippen LogP contribution >= 0.6 is 0 Å². The van der Waals surface area contributed by atoms with Crippen molar-refractivity contribution in [2.75, 3.05) is 0 Å². The molecule has 1 aliphatic rings. The quantitative estimate of drug-likeness (QED) is 0.512. The van der Waals surface area contributed by atoms with Crippen molar-refractivity contribution in [3.8, 4) is 12.1 Å². The monoisotopic (exact) mass is 427 g/mol. The molecule has 1 aliphatic carbocycles. The Morgan fingerprint density at radius 1 is 1.03 bits per heavy atom. The number of nitriles is 2. The van der Waals surface area contributed by atoms with Crippen LogP contribution in [0.5, 0.6) is 0 Å². The van der Waals surface area contributed by atoms with Crippen LogP contribution in [0.1, 0.15) is 81.0 Å². The van der Waals surface area contributed by atoms with Gasteiger partial charge in [-0.2, -0.15) is 10.5 Å². The number of benzene rings is 2. The molecule has 0 aliphatic heterocycles. The number of hydrogen-bond acceptors (Lipinski definition) is 3. The maximum absolute atomic E-state index is 9.97. The summed E-state index contributed by atoms with van der Waals surface area (Å²) < 4.78 is 0. The van der Waals surface area contributed by atoms with E-state index in [1.54, 1.807) is 0 Å². The average Bonchev–Trinajstić information content (AvgIpc) is 2.82. The lowest BCUT2D eigenvalue weighted by Crippen LogP contribution is -2.52. The minimum absolute atomic E-state index is 0.155. The first-order valence-corrected chi connectivity index (χ1v) is 12.1. The standard InChI is InChI=1S/C29H37N3/c1-21-13-15-23(16-14-21)18-27(26-12-8-9-24(17-26)19-30)22(2)32-28(29(3,4)20-31)25-10-6-5-7-11-25/h8-9,12-17,22,25,27-28,32H,5-7,10-11,18H2,1-4H3/t22-,27+,28?/m0/s1. The van der Waals surface area contributed by atoms with Crippen LogP contribution in [-0.4, -0.2) is 12.1 Å². The van der Waals surface area contributed by atoms with Gasteiger partial charge in [0.15, 0.2) is 0 Å². The predicted molar refractivity (Wildman–Crippen MR) is 131 cm³/mol. The summed E-state index contributed by atoms with van der Waals surface area (Å²) in [5.41, 5.74) is 4.01. The molecule has 32 heavy (non-hydrogen) atoms. The lowest BCUT2D eigenvalue weighted by molar-refractivity contribution is 0.165. The third kappa shape index (κ3) is 5.99. The van der Waals surface area contributed by atoms with Gasteiger partial charge in [0.2, 0.25) is 0 Å². The fourth-order valence-corrected chi connectivity index (χ4v) is 5.27. The highest BCUT2D eigenvalue weighted by atomic mass is 15.0. The number of nitrogens with one attached hydrogen (secondary N) is 1. The number of hydrogen-bond donors (Lipinski definition) is 1. The number of aryl methyl sites for hydroxylation is 1. The average molecular weight is 428 g/mol. The molecular formula is C29H37N3. The maximum Gasteiger partial charge on any atom is 0.0991 e. The van der Waals surface area contributed by atoms with Gasteiger partial charge in [0.25, 0.3) is 0 Å². The van der Waals surface area contributed by atoms with Gasteiger partial charge in [-0.05, 0) is 76.1 Å². The lowest BCUT2D eigenvalue weighted by Gasteiger charge is -2.41. The van der Waals surface area contributed by atoms with E-state index in [9.17, 15) is 10.5 Å². The summed E-state index contributed by atoms with van der Waals surface area (Å²) in [4.78, 5) is 0. The van der Waals surface area contributed by atoms with Crippen molar-refractivity contribution in [2.24, 2.45) is 11.3 Å². The van der Waals surface area contributed by atoms with Crippen molar-refractivity contribution in [2.45, 2.75) is 84.2 Å². The molecule has 0 saturated heterocycles. The predicted octanol–water partition coefficient (Wildman–Crippen LogP) is 6.67. The second-order valence-corrected chi connectivity index (χ2v) is 10.2. The molecule has 0 aromatic heterocycles. The first kappa shape index (κ1) is 24.0. The van der Waals surface area contributed by atoms with E-state index >= 15 is 0 Å². The minimum Gasteiger partial charge on any atom is -0.309 e. The summed E-state index contributed by atoms with van der Waals surface area (Å²) in [5, 5.41) is 23.4. The summed E-state index contributed by atoms with van der Waals surface area (Å²) in [5.74, 6) is 0.748. The zero-order valence-electron chi connectivity index (χ0n) is 20.1. The van der Waals surface area contributed by atoms with E-state index < -0.39 is 5.41 Å². The third-order valence-electron chi connectivity index (χ3n) is 7.25. The molecule has 3 nitrogen and oxygen atoms in total. The molecule has 168 valence electrons. The van der Waals surface area contributed by atoms with E-state index in [2.05, 4.69) is 75.5 Å². The molecule has 3 atom stereocenters. The van der Waals surface area contributed by atoms with Crippen molar-refractivity contribution in [3.63, 3.8) is 0 Å². The minimum atomic E-state index is -0.431. The Balaban J connectivity index is 1.91. The van der Waals surface area contributed by atoms with Crippen LogP contribution in [0.15, 0.2) is 48.5 Å². The molecule has 3 rings (SSSR count). The summed E-state index contributed by atoms with van der Waals surface area (Å²) in [7, 11) is 0. The first-order valence-electron chi connectivity index (χ1n) is 12.1. The molecular weight excluding hydrogens is 390 g/mol. The Labute approximate surface area is 194 Å². The van der Waals surface area contributed by atoms with Gasteiger partial charge in [-0.1, -0.05) is 61.2 Å². The van der Waals surface area contributed by atoms with Crippen molar-refractivity contribution in [3.05, 3.63) is 70.8 Å². The van der Waals surface area contributed by atoms with Gasteiger partial charge in [0.1, 0.15) is 0 Å². The molecule has 0 spiro atoms. The van der Waals surface area contributed by atoms with Crippen LogP contribution in [0, 0.1) is 40.9 Å². The topological polar surface area (TPSA) is 59.6 Å². The summed E-state index contributed by atoms with van der Waals surface area (Å²) >= 11 is 0. The second kappa shape index (κ2) is 10.8. The van der Waals surface area contributed by atoms with Crippen LogP contribution in [0.2, 0.25) is 0 Å². The van der Waals surface area contributed by atoms with Gasteiger partial charge in [0, 0.05) is 18.0 Å². The largest absolute Gasteiger partial charge is 0.309 e. The van der Waals surface area contributed by atoms with E-state index in [4.69, 9.17) is 0 Å². The zero-order valence-corrected chi connectivity index (χ0v) is 20.1. The SMILES string of the molecule is Cc1ccc(C[C@@H](c2cccc(C#N)c2)[C@H](C)NC(C2CCCCC2)C(C)(C)C#N)cc1. The molecule has 0 heterocycles. The van der Waals surface area contributed by atoms with Gasteiger partial charge >= 0.3 is 0 Å². The molecule has 1 N–H and O–H groups in total. The second-order valence-electron chi connectivity index (χ2n) is 10.2. The van der Waals surface area contributed by atoms with Gasteiger partial charge in [-0.3, -0.25) is 0 Å². The molecule has 1 unspecified atom stereocenters. The molecule has 2 aromatic carbocycles. The summed E-state index contributed by atoms with van der Waals surface area (Å²) in [6.07, 6.45) is 7.12. The van der Waals surface area contributed by atoms with E-state index in [-0.39, 0.29) is 18.0 Å². The fraction of sp³-hybridized carbons (Fsp3) is 0.517. The lowest BCUT2D eigenvalue weighted by atomic mass is 9.72. The van der Waals surface area contributed by atoms with E-state index in [1.165, 1.54) is 48.8 Å². The van der Waals surface area contributed by atoms with Gasteiger partial charge in [-0.15, -0.1) is 0 Å². The highest BCUT2D eigenvalue weighted by Crippen LogP contribution is 2.36. The normalized spacial score (nSPS) is 17.7. The van der Waals surface area contributed by atoms with Crippen LogP contribution in [-0.2, 0) is 6.42 Å². The van der Waals surface area contributed by atoms with Crippen LogP contribution in [0.3, 0.4) is 0 Å². The maximum atomic E-state index is 9.97. The van der Waals surface area contributed by atoms with Crippen molar-refractivity contribution in [1.29, 1.82) is 10.5 Å². The summed E-state index contributed by atoms with van der Waals surface area (Å²) in [6.45, 7) is 8.52. The Hall–Kier alpha value is -2.62. The van der Waals surface area contributed by atoms with E-state index in [0.29, 0.717) is 11.5 Å². The molecule has 2 aromatic rings. The molecule has 3 heteroatoms. The smallest absolute Gasteiger partial charge is 0.0991 e. The van der Waals surface area contributed by atoms with Crippen LogP contribution < -0.4 is 5.32 Å². The Morgan fingerprint density at radius 3 is 2.34 bits per heavy atom. The third-order valence-corrected chi connectivity index (χ3v) is 7.25. The molecule has 0 amide bonds. The van der Waals surface area contributed by atoms with Crippen LogP contribution in [0.25, 0.3) is 0 Å². The van der Waals surface area contributed by atoms with Crippen LogP contribution in [0.4, 0.5) is 0 Å². The molecule has 1 saturated carbocycles. The number of nitrogens with zero attached hydrogens (tertiary/aromatic N) is 2. The van der Waals surface area contributed by atoms with E-state index in [1.807, 2.05) is 18.2 Å². The van der Waals surface area contributed by atoms with Crippen molar-refractivity contribution >= 4 is 0 Å². The highest BCUT2D eigenvalue weighted by Gasteiger charge is 2.38. The molecule has 0 bridgehead atoms. The van der Waals surface area contributed by atoms with Gasteiger partial charge < -0.3 is 5.32 Å². The Bertz CT molecular complexity index is 955. The van der Waals surface area contributed by atoms with Gasteiger partial charge in [0.05, 0.1) is 23.1 Å². The first-order chi connectivity index (χ1) is 15.3. The van der Waals surface area contributed by atoms with Crippen molar-refractivity contribution in [1.82, 2.24) is 5.32 Å². The zero-order chi connectivity index (χ0) is 23.1.